The van der Waals surface area contributed by atoms with Gasteiger partial charge in [-0.25, -0.2) is 4.98 Å². The second kappa shape index (κ2) is 6.32. The molecule has 6 nitrogen and oxygen atoms in total. The largest absolute Gasteiger partial charge is 0.348 e. The van der Waals surface area contributed by atoms with Crippen LogP contribution in [0.1, 0.15) is 21.5 Å². The molecular formula is C14H12ClN3O3. The van der Waals surface area contributed by atoms with Crippen LogP contribution in [0.25, 0.3) is 0 Å². The molecule has 0 atom stereocenters. The first-order valence-corrected chi connectivity index (χ1v) is 6.49. The standard InChI is InChI=1S/C14H12ClN3O3/c1-9-3-2-4-10(5-9)7-17-14(19)12-6-11(18(20)21)8-16-13(12)15/h2-6,8H,7H2,1H3,(H,17,19). The van der Waals surface area contributed by atoms with Gasteiger partial charge in [-0.05, 0) is 12.5 Å². The summed E-state index contributed by atoms with van der Waals surface area (Å²) in [7, 11) is 0. The molecule has 1 heterocycles. The monoisotopic (exact) mass is 305 g/mol. The summed E-state index contributed by atoms with van der Waals surface area (Å²) < 4.78 is 0. The lowest BCUT2D eigenvalue weighted by Crippen LogP contribution is -2.23. The Bertz CT molecular complexity index is 704. The first kappa shape index (κ1) is 14.9. The molecule has 0 radical (unpaired) electrons. The zero-order valence-corrected chi connectivity index (χ0v) is 11.9. The molecule has 0 fully saturated rings. The molecule has 0 saturated carbocycles. The van der Waals surface area contributed by atoms with E-state index in [4.69, 9.17) is 11.6 Å². The number of pyridine rings is 1. The van der Waals surface area contributed by atoms with Gasteiger partial charge < -0.3 is 5.32 Å². The molecule has 108 valence electrons. The van der Waals surface area contributed by atoms with Crippen molar-refractivity contribution < 1.29 is 9.72 Å². The van der Waals surface area contributed by atoms with Gasteiger partial charge >= 0.3 is 0 Å². The number of halogens is 1. The molecule has 7 heteroatoms. The molecule has 0 aliphatic heterocycles. The van der Waals surface area contributed by atoms with E-state index in [-0.39, 0.29) is 16.4 Å². The number of nitrogens with zero attached hydrogens (tertiary/aromatic N) is 2. The van der Waals surface area contributed by atoms with Gasteiger partial charge in [0.1, 0.15) is 11.3 Å². The second-order valence-corrected chi connectivity index (χ2v) is 4.82. The molecule has 0 unspecified atom stereocenters. The SMILES string of the molecule is Cc1cccc(CNC(=O)c2cc([N+](=O)[O-])cnc2Cl)c1. The Hall–Kier alpha value is -2.47. The third-order valence-corrected chi connectivity index (χ3v) is 3.12. The van der Waals surface area contributed by atoms with Gasteiger partial charge in [-0.15, -0.1) is 0 Å². The fourth-order valence-electron chi connectivity index (χ4n) is 1.80. The molecule has 2 aromatic rings. The minimum atomic E-state index is -0.624. The minimum absolute atomic E-state index is 0.0153. The van der Waals surface area contributed by atoms with Crippen molar-refractivity contribution in [2.75, 3.05) is 0 Å². The van der Waals surface area contributed by atoms with Gasteiger partial charge in [0.25, 0.3) is 11.6 Å². The maximum Gasteiger partial charge on any atom is 0.288 e. The summed E-state index contributed by atoms with van der Waals surface area (Å²) in [6, 6.07) is 8.76. The van der Waals surface area contributed by atoms with Crippen LogP contribution in [0.15, 0.2) is 36.5 Å². The Labute approximate surface area is 125 Å². The van der Waals surface area contributed by atoms with E-state index in [9.17, 15) is 14.9 Å². The molecular weight excluding hydrogens is 294 g/mol. The molecule has 1 N–H and O–H groups in total. The third-order valence-electron chi connectivity index (χ3n) is 2.82. The van der Waals surface area contributed by atoms with Gasteiger partial charge in [-0.1, -0.05) is 41.4 Å². The Balaban J connectivity index is 2.13. The highest BCUT2D eigenvalue weighted by Crippen LogP contribution is 2.19. The van der Waals surface area contributed by atoms with Gasteiger partial charge in [0.05, 0.1) is 10.5 Å². The smallest absolute Gasteiger partial charge is 0.288 e. The van der Waals surface area contributed by atoms with Crippen LogP contribution in [0, 0.1) is 17.0 Å². The number of rotatable bonds is 4. The Morgan fingerprint density at radius 1 is 1.43 bits per heavy atom. The highest BCUT2D eigenvalue weighted by molar-refractivity contribution is 6.32. The van der Waals surface area contributed by atoms with Crippen molar-refractivity contribution in [2.45, 2.75) is 13.5 Å². The maximum atomic E-state index is 12.0. The minimum Gasteiger partial charge on any atom is -0.348 e. The van der Waals surface area contributed by atoms with E-state index in [0.29, 0.717) is 6.54 Å². The number of benzene rings is 1. The lowest BCUT2D eigenvalue weighted by atomic mass is 10.1. The summed E-state index contributed by atoms with van der Waals surface area (Å²) in [6.07, 6.45) is 1.01. The van der Waals surface area contributed by atoms with Crippen molar-refractivity contribution >= 4 is 23.2 Å². The van der Waals surface area contributed by atoms with Gasteiger partial charge in [-0.3, -0.25) is 14.9 Å². The number of hydrogen-bond acceptors (Lipinski definition) is 4. The second-order valence-electron chi connectivity index (χ2n) is 4.46. The van der Waals surface area contributed by atoms with Gasteiger partial charge in [-0.2, -0.15) is 0 Å². The first-order valence-electron chi connectivity index (χ1n) is 6.11. The zero-order chi connectivity index (χ0) is 15.4. The average molecular weight is 306 g/mol. The Morgan fingerprint density at radius 2 is 2.19 bits per heavy atom. The molecule has 0 spiro atoms. The van der Waals surface area contributed by atoms with Crippen molar-refractivity contribution in [3.8, 4) is 0 Å². The van der Waals surface area contributed by atoms with Crippen molar-refractivity contribution in [2.24, 2.45) is 0 Å². The molecule has 1 aromatic carbocycles. The molecule has 2 rings (SSSR count). The lowest BCUT2D eigenvalue weighted by Gasteiger charge is -2.07. The molecule has 1 amide bonds. The fourth-order valence-corrected chi connectivity index (χ4v) is 1.98. The summed E-state index contributed by atoms with van der Waals surface area (Å²) in [5.74, 6) is -0.502. The van der Waals surface area contributed by atoms with Crippen LogP contribution >= 0.6 is 11.6 Å². The van der Waals surface area contributed by atoms with E-state index in [1.54, 1.807) is 0 Å². The van der Waals surface area contributed by atoms with Crippen LogP contribution < -0.4 is 5.32 Å². The third kappa shape index (κ3) is 3.76. The van der Waals surface area contributed by atoms with E-state index in [0.717, 1.165) is 23.4 Å². The molecule has 0 aliphatic carbocycles. The van der Waals surface area contributed by atoms with Crippen LogP contribution in [-0.4, -0.2) is 15.8 Å². The number of carbonyl (C=O) groups is 1. The van der Waals surface area contributed by atoms with Crippen molar-refractivity contribution in [3.05, 3.63) is 68.5 Å². The normalized spacial score (nSPS) is 10.2. The lowest BCUT2D eigenvalue weighted by molar-refractivity contribution is -0.385. The fraction of sp³-hybridized carbons (Fsp3) is 0.143. The topological polar surface area (TPSA) is 85.1 Å². The number of carbonyl (C=O) groups excluding carboxylic acids is 1. The number of aromatic nitrogens is 1. The summed E-state index contributed by atoms with van der Waals surface area (Å²) >= 11 is 5.81. The number of aryl methyl sites for hydroxylation is 1. The molecule has 0 aliphatic rings. The van der Waals surface area contributed by atoms with Crippen LogP contribution in [-0.2, 0) is 6.54 Å². The first-order chi connectivity index (χ1) is 9.97. The summed E-state index contributed by atoms with van der Waals surface area (Å²) in [5.41, 5.74) is 1.72. The average Bonchev–Trinajstić information content (AvgIpc) is 2.45. The van der Waals surface area contributed by atoms with Crippen LogP contribution in [0.3, 0.4) is 0 Å². The summed E-state index contributed by atoms with van der Waals surface area (Å²) in [4.78, 5) is 25.8. The highest BCUT2D eigenvalue weighted by Gasteiger charge is 2.16. The van der Waals surface area contributed by atoms with E-state index in [1.165, 1.54) is 0 Å². The number of amides is 1. The molecule has 1 aromatic heterocycles. The maximum absolute atomic E-state index is 12.0. The van der Waals surface area contributed by atoms with E-state index < -0.39 is 10.8 Å². The number of hydrogen-bond donors (Lipinski definition) is 1. The summed E-state index contributed by atoms with van der Waals surface area (Å²) in [5, 5.41) is 13.3. The predicted octanol–water partition coefficient (Wildman–Crippen LogP) is 2.88. The van der Waals surface area contributed by atoms with Crippen LogP contribution in [0.2, 0.25) is 5.15 Å². The van der Waals surface area contributed by atoms with Gasteiger partial charge in [0.15, 0.2) is 0 Å². The molecule has 0 bridgehead atoms. The van der Waals surface area contributed by atoms with Gasteiger partial charge in [0, 0.05) is 12.6 Å². The number of nitro groups is 1. The summed E-state index contributed by atoms with van der Waals surface area (Å²) in [6.45, 7) is 2.26. The quantitative estimate of drug-likeness (QED) is 0.534. The van der Waals surface area contributed by atoms with Gasteiger partial charge in [0.2, 0.25) is 0 Å². The molecule has 0 saturated heterocycles. The zero-order valence-electron chi connectivity index (χ0n) is 11.2. The van der Waals surface area contributed by atoms with E-state index in [2.05, 4.69) is 10.3 Å². The highest BCUT2D eigenvalue weighted by atomic mass is 35.5. The van der Waals surface area contributed by atoms with Crippen molar-refractivity contribution in [1.29, 1.82) is 0 Å². The van der Waals surface area contributed by atoms with Crippen molar-refractivity contribution in [3.63, 3.8) is 0 Å². The Morgan fingerprint density at radius 3 is 2.86 bits per heavy atom. The van der Waals surface area contributed by atoms with Crippen LogP contribution in [0.4, 0.5) is 5.69 Å². The van der Waals surface area contributed by atoms with Crippen LogP contribution in [0.5, 0.6) is 0 Å². The van der Waals surface area contributed by atoms with E-state index >= 15 is 0 Å². The van der Waals surface area contributed by atoms with Crippen molar-refractivity contribution in [1.82, 2.24) is 10.3 Å². The van der Waals surface area contributed by atoms with E-state index in [1.807, 2.05) is 31.2 Å². The Kier molecular flexibility index (Phi) is 4.49. The number of nitrogens with one attached hydrogen (secondary N) is 1. The molecule has 21 heavy (non-hydrogen) atoms. The predicted molar refractivity (Wildman–Crippen MR) is 78.3 cm³/mol.